The molecule has 3 aromatic rings. The van der Waals surface area contributed by atoms with Crippen LogP contribution in [0.4, 0.5) is 25.8 Å². The minimum Gasteiger partial charge on any atom is -0.376 e. The number of alkyl halides is 2. The summed E-state index contributed by atoms with van der Waals surface area (Å²) in [4.78, 5) is 25.1. The van der Waals surface area contributed by atoms with Crippen molar-refractivity contribution in [1.82, 2.24) is 0 Å². The third-order valence-corrected chi connectivity index (χ3v) is 5.14. The summed E-state index contributed by atoms with van der Waals surface area (Å²) in [5.74, 6) is -3.24. The summed E-state index contributed by atoms with van der Waals surface area (Å²) in [6.07, 6.45) is 0. The van der Waals surface area contributed by atoms with E-state index in [0.717, 1.165) is 5.56 Å². The largest absolute Gasteiger partial charge is 0.376 e. The van der Waals surface area contributed by atoms with Crippen molar-refractivity contribution in [2.24, 2.45) is 0 Å². The van der Waals surface area contributed by atoms with E-state index in [1.807, 2.05) is 25.1 Å². The highest BCUT2D eigenvalue weighted by atomic mass is 32.2. The normalized spacial score (nSPS) is 10.6. The van der Waals surface area contributed by atoms with Gasteiger partial charge in [-0.2, -0.15) is 8.78 Å². The molecule has 160 valence electrons. The molecule has 31 heavy (non-hydrogen) atoms. The van der Waals surface area contributed by atoms with Gasteiger partial charge in [-0.05, 0) is 48.9 Å². The minimum absolute atomic E-state index is 0.0850. The number of aryl methyl sites for hydroxylation is 1. The Morgan fingerprint density at radius 2 is 1.61 bits per heavy atom. The van der Waals surface area contributed by atoms with Gasteiger partial charge in [0.1, 0.15) is 0 Å². The molecule has 3 rings (SSSR count). The van der Waals surface area contributed by atoms with E-state index in [4.69, 9.17) is 0 Å². The average Bonchev–Trinajstić information content (AvgIpc) is 2.75. The van der Waals surface area contributed by atoms with E-state index in [0.29, 0.717) is 39.3 Å². The molecular weight excluding hydrogens is 420 g/mol. The molecule has 0 spiro atoms. The summed E-state index contributed by atoms with van der Waals surface area (Å²) in [6.45, 7) is 1.77. The SMILES string of the molecule is Cc1ccc(C(=O)Nc2ccccc2)cc1NCC(=O)Nc1ccccc1SC(F)F. The van der Waals surface area contributed by atoms with Crippen molar-refractivity contribution in [3.63, 3.8) is 0 Å². The molecule has 0 radical (unpaired) electrons. The fraction of sp³-hybridized carbons (Fsp3) is 0.130. The molecule has 0 heterocycles. The lowest BCUT2D eigenvalue weighted by molar-refractivity contribution is -0.114. The first-order valence-corrected chi connectivity index (χ1v) is 10.3. The zero-order valence-electron chi connectivity index (χ0n) is 16.7. The molecule has 0 bridgehead atoms. The number of anilines is 3. The van der Waals surface area contributed by atoms with E-state index >= 15 is 0 Å². The Morgan fingerprint density at radius 3 is 2.35 bits per heavy atom. The highest BCUT2D eigenvalue weighted by molar-refractivity contribution is 7.99. The third-order valence-electron chi connectivity index (χ3n) is 4.35. The van der Waals surface area contributed by atoms with Gasteiger partial charge in [0.05, 0.1) is 12.2 Å². The summed E-state index contributed by atoms with van der Waals surface area (Å²) < 4.78 is 25.4. The molecule has 0 aromatic heterocycles. The molecule has 0 saturated heterocycles. The predicted octanol–water partition coefficient (Wildman–Crippen LogP) is 5.61. The second-order valence-electron chi connectivity index (χ2n) is 6.63. The smallest absolute Gasteiger partial charge is 0.288 e. The van der Waals surface area contributed by atoms with E-state index in [1.54, 1.807) is 48.5 Å². The van der Waals surface area contributed by atoms with E-state index in [9.17, 15) is 18.4 Å². The van der Waals surface area contributed by atoms with Crippen LogP contribution in [0.3, 0.4) is 0 Å². The van der Waals surface area contributed by atoms with Crippen LogP contribution in [0.15, 0.2) is 77.7 Å². The summed E-state index contributed by atoms with van der Waals surface area (Å²) >= 11 is 0.377. The van der Waals surface area contributed by atoms with Gasteiger partial charge in [0.15, 0.2) is 0 Å². The molecule has 3 N–H and O–H groups in total. The van der Waals surface area contributed by atoms with Crippen molar-refractivity contribution in [3.05, 3.63) is 83.9 Å². The van der Waals surface area contributed by atoms with Gasteiger partial charge < -0.3 is 16.0 Å². The van der Waals surface area contributed by atoms with Gasteiger partial charge in [0.25, 0.3) is 11.7 Å². The monoisotopic (exact) mass is 441 g/mol. The van der Waals surface area contributed by atoms with Gasteiger partial charge >= 0.3 is 0 Å². The van der Waals surface area contributed by atoms with Crippen molar-refractivity contribution in [2.45, 2.75) is 17.6 Å². The zero-order chi connectivity index (χ0) is 22.2. The van der Waals surface area contributed by atoms with Gasteiger partial charge in [-0.3, -0.25) is 9.59 Å². The number of nitrogens with one attached hydrogen (secondary N) is 3. The van der Waals surface area contributed by atoms with Crippen molar-refractivity contribution >= 4 is 40.6 Å². The first-order valence-electron chi connectivity index (χ1n) is 9.47. The van der Waals surface area contributed by atoms with E-state index in [1.165, 1.54) is 6.07 Å². The quantitative estimate of drug-likeness (QED) is 0.397. The Bertz CT molecular complexity index is 1060. The molecule has 3 aromatic carbocycles. The van der Waals surface area contributed by atoms with Crippen LogP contribution in [0, 0.1) is 6.92 Å². The maximum absolute atomic E-state index is 12.7. The van der Waals surface area contributed by atoms with Gasteiger partial charge in [0, 0.05) is 21.8 Å². The van der Waals surface area contributed by atoms with Gasteiger partial charge in [0.2, 0.25) is 5.91 Å². The lowest BCUT2D eigenvalue weighted by Crippen LogP contribution is -2.22. The van der Waals surface area contributed by atoms with Crippen molar-refractivity contribution in [3.8, 4) is 0 Å². The van der Waals surface area contributed by atoms with Crippen LogP contribution in [0.2, 0.25) is 0 Å². The first-order chi connectivity index (χ1) is 14.9. The highest BCUT2D eigenvalue weighted by Crippen LogP contribution is 2.31. The maximum Gasteiger partial charge on any atom is 0.288 e. The maximum atomic E-state index is 12.7. The van der Waals surface area contributed by atoms with Crippen molar-refractivity contribution in [1.29, 1.82) is 0 Å². The Kier molecular flexibility index (Phi) is 7.61. The van der Waals surface area contributed by atoms with Crippen LogP contribution >= 0.6 is 11.8 Å². The summed E-state index contributed by atoms with van der Waals surface area (Å²) in [5.41, 5.74) is 2.94. The number of benzene rings is 3. The second kappa shape index (κ2) is 10.6. The van der Waals surface area contributed by atoms with Crippen LogP contribution in [-0.2, 0) is 4.79 Å². The van der Waals surface area contributed by atoms with E-state index in [2.05, 4.69) is 16.0 Å². The summed E-state index contributed by atoms with van der Waals surface area (Å²) in [7, 11) is 0. The molecule has 0 unspecified atom stereocenters. The van der Waals surface area contributed by atoms with Crippen molar-refractivity contribution < 1.29 is 18.4 Å². The number of hydrogen-bond donors (Lipinski definition) is 3. The minimum atomic E-state index is -2.58. The first kappa shape index (κ1) is 22.3. The summed E-state index contributed by atoms with van der Waals surface area (Å²) in [6, 6.07) is 20.7. The molecule has 0 fully saturated rings. The Morgan fingerprint density at radius 1 is 0.903 bits per heavy atom. The van der Waals surface area contributed by atoms with Crippen LogP contribution < -0.4 is 16.0 Å². The number of amides is 2. The standard InChI is InChI=1S/C23H21F2N3O2S/c1-15-11-12-16(22(30)27-17-7-3-2-4-8-17)13-19(15)26-14-21(29)28-18-9-5-6-10-20(18)31-23(24)25/h2-13,23,26H,14H2,1H3,(H,27,30)(H,28,29). The molecule has 0 atom stereocenters. The second-order valence-corrected chi connectivity index (χ2v) is 7.66. The molecule has 2 amide bonds. The zero-order valence-corrected chi connectivity index (χ0v) is 17.5. The molecule has 5 nitrogen and oxygen atoms in total. The number of thioether (sulfide) groups is 1. The Labute approximate surface area is 183 Å². The van der Waals surface area contributed by atoms with Crippen molar-refractivity contribution in [2.75, 3.05) is 22.5 Å². The third kappa shape index (κ3) is 6.55. The molecule has 0 saturated carbocycles. The van der Waals surface area contributed by atoms with Crippen LogP contribution in [0.1, 0.15) is 15.9 Å². The average molecular weight is 442 g/mol. The molecular formula is C23H21F2N3O2S. The van der Waals surface area contributed by atoms with Crippen LogP contribution in [0.5, 0.6) is 0 Å². The Hall–Kier alpha value is -3.39. The summed E-state index contributed by atoms with van der Waals surface area (Å²) in [5, 5.41) is 8.46. The number of rotatable bonds is 8. The number of carbonyl (C=O) groups is 2. The highest BCUT2D eigenvalue weighted by Gasteiger charge is 2.13. The van der Waals surface area contributed by atoms with Gasteiger partial charge in [-0.15, -0.1) is 0 Å². The lowest BCUT2D eigenvalue weighted by atomic mass is 10.1. The van der Waals surface area contributed by atoms with Gasteiger partial charge in [-0.1, -0.05) is 48.2 Å². The molecule has 0 aliphatic carbocycles. The number of para-hydroxylation sites is 2. The lowest BCUT2D eigenvalue weighted by Gasteiger charge is -2.13. The van der Waals surface area contributed by atoms with E-state index < -0.39 is 5.76 Å². The fourth-order valence-corrected chi connectivity index (χ4v) is 3.41. The number of hydrogen-bond acceptors (Lipinski definition) is 4. The molecule has 8 heteroatoms. The van der Waals surface area contributed by atoms with Crippen LogP contribution in [-0.4, -0.2) is 24.1 Å². The Balaban J connectivity index is 1.63. The number of halogens is 2. The molecule has 0 aliphatic heterocycles. The van der Waals surface area contributed by atoms with E-state index in [-0.39, 0.29) is 18.4 Å². The fourth-order valence-electron chi connectivity index (χ4n) is 2.82. The number of carbonyl (C=O) groups excluding carboxylic acids is 2. The predicted molar refractivity (Wildman–Crippen MR) is 121 cm³/mol. The van der Waals surface area contributed by atoms with Gasteiger partial charge in [-0.25, -0.2) is 0 Å². The topological polar surface area (TPSA) is 70.2 Å². The van der Waals surface area contributed by atoms with Crippen LogP contribution in [0.25, 0.3) is 0 Å². The molecule has 0 aliphatic rings.